The lowest BCUT2D eigenvalue weighted by atomic mass is 10.1. The van der Waals surface area contributed by atoms with Crippen LogP contribution in [0.4, 0.5) is 4.39 Å². The summed E-state index contributed by atoms with van der Waals surface area (Å²) >= 11 is 0. The van der Waals surface area contributed by atoms with Crippen LogP contribution >= 0.6 is 0 Å². The molecule has 0 unspecified atom stereocenters. The summed E-state index contributed by atoms with van der Waals surface area (Å²) in [6, 6.07) is 6.33. The van der Waals surface area contributed by atoms with Crippen LogP contribution < -0.4 is 4.74 Å². The quantitative estimate of drug-likeness (QED) is 0.792. The second kappa shape index (κ2) is 4.70. The summed E-state index contributed by atoms with van der Waals surface area (Å²) in [7, 11) is 1.58. The van der Waals surface area contributed by atoms with Crippen molar-refractivity contribution in [3.8, 4) is 5.75 Å². The van der Waals surface area contributed by atoms with E-state index in [0.717, 1.165) is 11.3 Å². The van der Waals surface area contributed by atoms with Gasteiger partial charge in [-0.25, -0.2) is 14.4 Å². The molecule has 0 radical (unpaired) electrons. The summed E-state index contributed by atoms with van der Waals surface area (Å²) in [6.45, 7) is 0. The van der Waals surface area contributed by atoms with E-state index >= 15 is 0 Å². The van der Waals surface area contributed by atoms with E-state index in [1.807, 2.05) is 0 Å². The third-order valence-electron chi connectivity index (χ3n) is 2.26. The van der Waals surface area contributed by atoms with Gasteiger partial charge in [0.25, 0.3) is 0 Å². The molecule has 0 aliphatic carbocycles. The van der Waals surface area contributed by atoms with Gasteiger partial charge in [0, 0.05) is 6.42 Å². The molecule has 0 saturated heterocycles. The van der Waals surface area contributed by atoms with Crippen molar-refractivity contribution < 1.29 is 9.13 Å². The number of aromatic nitrogens is 2. The summed E-state index contributed by atoms with van der Waals surface area (Å²) in [5, 5.41) is 0. The first-order valence-electron chi connectivity index (χ1n) is 4.87. The Morgan fingerprint density at radius 3 is 2.69 bits per heavy atom. The molecule has 3 nitrogen and oxygen atoms in total. The number of nitrogens with zero attached hydrogens (tertiary/aromatic N) is 2. The summed E-state index contributed by atoms with van der Waals surface area (Å²) < 4.78 is 17.9. The fraction of sp³-hybridized carbons (Fsp3) is 0.167. The number of rotatable bonds is 3. The van der Waals surface area contributed by atoms with Crippen molar-refractivity contribution in [1.82, 2.24) is 9.97 Å². The minimum Gasteiger partial charge on any atom is -0.493 e. The van der Waals surface area contributed by atoms with Crippen molar-refractivity contribution in [1.29, 1.82) is 0 Å². The number of methoxy groups -OCH3 is 1. The van der Waals surface area contributed by atoms with Crippen molar-refractivity contribution in [3.05, 3.63) is 53.9 Å². The number of hydrogen-bond acceptors (Lipinski definition) is 3. The highest BCUT2D eigenvalue weighted by atomic mass is 19.1. The molecule has 1 aromatic carbocycles. The van der Waals surface area contributed by atoms with Crippen molar-refractivity contribution in [2.24, 2.45) is 0 Å². The molecule has 1 aromatic heterocycles. The highest BCUT2D eigenvalue weighted by Gasteiger charge is 2.05. The van der Waals surface area contributed by atoms with Gasteiger partial charge in [0.05, 0.1) is 19.0 Å². The monoisotopic (exact) mass is 218 g/mol. The molecule has 16 heavy (non-hydrogen) atoms. The van der Waals surface area contributed by atoms with E-state index in [-0.39, 0.29) is 5.82 Å². The average molecular weight is 218 g/mol. The first kappa shape index (κ1) is 10.5. The fourth-order valence-electron chi connectivity index (χ4n) is 1.44. The van der Waals surface area contributed by atoms with Crippen molar-refractivity contribution >= 4 is 0 Å². The highest BCUT2D eigenvalue weighted by molar-refractivity contribution is 5.30. The number of benzene rings is 1. The predicted octanol–water partition coefficient (Wildman–Crippen LogP) is 2.22. The third-order valence-corrected chi connectivity index (χ3v) is 2.26. The molecule has 0 amide bonds. The maximum atomic E-state index is 12.7. The summed E-state index contributed by atoms with van der Waals surface area (Å²) in [6.07, 6.45) is 3.69. The molecule has 0 aliphatic heterocycles. The van der Waals surface area contributed by atoms with Crippen LogP contribution in [0.1, 0.15) is 11.3 Å². The Kier molecular flexibility index (Phi) is 3.10. The molecule has 0 aliphatic rings. The molecule has 82 valence electrons. The largest absolute Gasteiger partial charge is 0.493 e. The van der Waals surface area contributed by atoms with E-state index in [2.05, 4.69) is 9.97 Å². The SMILES string of the molecule is COc1cncnc1Cc1ccc(F)cc1. The van der Waals surface area contributed by atoms with Crippen LogP contribution in [0.2, 0.25) is 0 Å². The molecular weight excluding hydrogens is 207 g/mol. The standard InChI is InChI=1S/C12H11FN2O/c1-16-12-7-14-8-15-11(12)6-9-2-4-10(13)5-3-9/h2-5,7-8H,6H2,1H3. The van der Waals surface area contributed by atoms with Gasteiger partial charge >= 0.3 is 0 Å². The van der Waals surface area contributed by atoms with Crippen LogP contribution in [-0.4, -0.2) is 17.1 Å². The molecule has 0 saturated carbocycles. The number of halogens is 1. The van der Waals surface area contributed by atoms with E-state index in [4.69, 9.17) is 4.74 Å². The minimum absolute atomic E-state index is 0.238. The Hall–Kier alpha value is -1.97. The normalized spacial score (nSPS) is 10.1. The molecule has 2 rings (SSSR count). The molecule has 1 heterocycles. The second-order valence-electron chi connectivity index (χ2n) is 3.34. The van der Waals surface area contributed by atoms with Gasteiger partial charge in [-0.2, -0.15) is 0 Å². The maximum Gasteiger partial charge on any atom is 0.158 e. The molecule has 0 bridgehead atoms. The molecule has 4 heteroatoms. The van der Waals surface area contributed by atoms with E-state index in [0.29, 0.717) is 12.2 Å². The molecular formula is C12H11FN2O. The first-order chi connectivity index (χ1) is 7.79. The van der Waals surface area contributed by atoms with Gasteiger partial charge in [-0.1, -0.05) is 12.1 Å². The smallest absolute Gasteiger partial charge is 0.158 e. The van der Waals surface area contributed by atoms with Crippen LogP contribution in [0.3, 0.4) is 0 Å². The Labute approximate surface area is 92.9 Å². The lowest BCUT2D eigenvalue weighted by molar-refractivity contribution is 0.405. The van der Waals surface area contributed by atoms with E-state index < -0.39 is 0 Å². The van der Waals surface area contributed by atoms with Gasteiger partial charge in [0.15, 0.2) is 5.75 Å². The maximum absolute atomic E-state index is 12.7. The van der Waals surface area contributed by atoms with Gasteiger partial charge in [0.2, 0.25) is 0 Å². The van der Waals surface area contributed by atoms with Gasteiger partial charge in [-0.05, 0) is 17.7 Å². The molecule has 0 atom stereocenters. The van der Waals surface area contributed by atoms with Gasteiger partial charge in [0.1, 0.15) is 12.1 Å². The molecule has 0 fully saturated rings. The Morgan fingerprint density at radius 1 is 1.25 bits per heavy atom. The van der Waals surface area contributed by atoms with Crippen LogP contribution in [0.25, 0.3) is 0 Å². The van der Waals surface area contributed by atoms with E-state index in [9.17, 15) is 4.39 Å². The minimum atomic E-state index is -0.238. The van der Waals surface area contributed by atoms with Crippen molar-refractivity contribution in [2.45, 2.75) is 6.42 Å². The number of hydrogen-bond donors (Lipinski definition) is 0. The zero-order valence-corrected chi connectivity index (χ0v) is 8.85. The van der Waals surface area contributed by atoms with Gasteiger partial charge in [-0.3, -0.25) is 0 Å². The van der Waals surface area contributed by atoms with Crippen LogP contribution in [0.5, 0.6) is 5.75 Å². The van der Waals surface area contributed by atoms with Crippen molar-refractivity contribution in [3.63, 3.8) is 0 Å². The fourth-order valence-corrected chi connectivity index (χ4v) is 1.44. The average Bonchev–Trinajstić information content (AvgIpc) is 2.33. The second-order valence-corrected chi connectivity index (χ2v) is 3.34. The molecule has 2 aromatic rings. The van der Waals surface area contributed by atoms with E-state index in [1.165, 1.54) is 18.5 Å². The predicted molar refractivity (Wildman–Crippen MR) is 57.8 cm³/mol. The number of ether oxygens (including phenoxy) is 1. The van der Waals surface area contributed by atoms with Gasteiger partial charge < -0.3 is 4.74 Å². The zero-order chi connectivity index (χ0) is 11.4. The highest BCUT2D eigenvalue weighted by Crippen LogP contribution is 2.17. The van der Waals surface area contributed by atoms with Gasteiger partial charge in [-0.15, -0.1) is 0 Å². The van der Waals surface area contributed by atoms with Crippen LogP contribution in [-0.2, 0) is 6.42 Å². The topological polar surface area (TPSA) is 35.0 Å². The summed E-state index contributed by atoms with van der Waals surface area (Å²) in [5.41, 5.74) is 1.78. The Bertz CT molecular complexity index is 471. The summed E-state index contributed by atoms with van der Waals surface area (Å²) in [4.78, 5) is 8.01. The first-order valence-corrected chi connectivity index (χ1v) is 4.87. The lowest BCUT2D eigenvalue weighted by Crippen LogP contribution is -1.97. The molecule has 0 spiro atoms. The van der Waals surface area contributed by atoms with Crippen LogP contribution in [0.15, 0.2) is 36.8 Å². The lowest BCUT2D eigenvalue weighted by Gasteiger charge is -2.06. The summed E-state index contributed by atoms with van der Waals surface area (Å²) in [5.74, 6) is 0.408. The Balaban J connectivity index is 2.23. The molecule has 0 N–H and O–H groups in total. The van der Waals surface area contributed by atoms with E-state index in [1.54, 1.807) is 25.4 Å². The Morgan fingerprint density at radius 2 is 2.00 bits per heavy atom. The van der Waals surface area contributed by atoms with Crippen LogP contribution in [0, 0.1) is 5.82 Å². The third kappa shape index (κ3) is 2.34. The van der Waals surface area contributed by atoms with Crippen molar-refractivity contribution in [2.75, 3.05) is 7.11 Å². The zero-order valence-electron chi connectivity index (χ0n) is 8.85.